The molecule has 1 aliphatic carbocycles. The third kappa shape index (κ3) is 9.20. The molecule has 1 aliphatic rings. The summed E-state index contributed by atoms with van der Waals surface area (Å²) >= 11 is 0. The van der Waals surface area contributed by atoms with E-state index in [-0.39, 0.29) is 25.0 Å². The van der Waals surface area contributed by atoms with E-state index < -0.39 is 38.8 Å². The van der Waals surface area contributed by atoms with Crippen LogP contribution in [0.25, 0.3) is 0 Å². The Labute approximate surface area is 207 Å². The average Bonchev–Trinajstić information content (AvgIpc) is 3.00. The molecule has 1 rings (SSSR count). The summed E-state index contributed by atoms with van der Waals surface area (Å²) in [5.41, 5.74) is 0. The van der Waals surface area contributed by atoms with Gasteiger partial charge in [-0.3, -0.25) is 9.13 Å². The summed E-state index contributed by atoms with van der Waals surface area (Å²) in [4.78, 5) is 24.6. The lowest BCUT2D eigenvalue weighted by Gasteiger charge is -2.31. The summed E-state index contributed by atoms with van der Waals surface area (Å²) in [6, 6.07) is 0. The smallest absolute Gasteiger partial charge is 0.370 e. The molecule has 0 aliphatic heterocycles. The quantitative estimate of drug-likeness (QED) is 0.230. The summed E-state index contributed by atoms with van der Waals surface area (Å²) in [6.07, 6.45) is 6.45. The molecule has 0 bridgehead atoms. The van der Waals surface area contributed by atoms with Gasteiger partial charge in [-0.15, -0.1) is 0 Å². The molecule has 12 nitrogen and oxygen atoms in total. The van der Waals surface area contributed by atoms with Crippen LogP contribution in [0.1, 0.15) is 44.9 Å². The Morgan fingerprint density at radius 3 is 1.23 bits per heavy atom. The molecule has 0 N–H and O–H groups in total. The van der Waals surface area contributed by atoms with Gasteiger partial charge in [0.15, 0.2) is 0 Å². The van der Waals surface area contributed by atoms with Crippen LogP contribution in [-0.2, 0) is 55.8 Å². The molecule has 0 spiro atoms. The van der Waals surface area contributed by atoms with Crippen LogP contribution < -0.4 is 0 Å². The van der Waals surface area contributed by atoms with Crippen LogP contribution in [0.4, 0.5) is 0 Å². The van der Waals surface area contributed by atoms with Crippen LogP contribution in [0.15, 0.2) is 0 Å². The molecule has 4 atom stereocenters. The summed E-state index contributed by atoms with van der Waals surface area (Å²) < 4.78 is 66.7. The van der Waals surface area contributed by atoms with Gasteiger partial charge in [0.1, 0.15) is 0 Å². The predicted octanol–water partition coefficient (Wildman–Crippen LogP) is 3.97. The van der Waals surface area contributed by atoms with Gasteiger partial charge < -0.3 is 37.0 Å². The van der Waals surface area contributed by atoms with E-state index in [1.807, 2.05) is 0 Å². The number of hydrogen-bond acceptors (Lipinski definition) is 12. The Morgan fingerprint density at radius 1 is 0.629 bits per heavy atom. The zero-order valence-corrected chi connectivity index (χ0v) is 23.3. The van der Waals surface area contributed by atoms with E-state index in [1.54, 1.807) is 0 Å². The molecule has 0 aromatic rings. The molecule has 0 aromatic carbocycles. The van der Waals surface area contributed by atoms with Crippen molar-refractivity contribution < 1.29 is 55.8 Å². The monoisotopic (exact) mass is 546 g/mol. The molecule has 0 aromatic heterocycles. The highest BCUT2D eigenvalue weighted by molar-refractivity contribution is 7.55. The standard InChI is InChI=1S/C21H40O12P2/c1-26-18(22)20(34(24,28-3)29-4)32-14-16-12-10-8-7-9-11-13-17(16)15-33-21(19(23)27-2)35(25,30-5)31-6/h16-17,20-21H,7-15H2,1-6H3. The summed E-state index contributed by atoms with van der Waals surface area (Å²) in [7, 11) is -0.870. The Balaban J connectivity index is 3.12. The highest BCUT2D eigenvalue weighted by Crippen LogP contribution is 2.54. The Morgan fingerprint density at radius 2 is 0.943 bits per heavy atom. The summed E-state index contributed by atoms with van der Waals surface area (Å²) in [5.74, 6) is -5.13. The fourth-order valence-electron chi connectivity index (χ4n) is 3.99. The van der Waals surface area contributed by atoms with E-state index in [9.17, 15) is 18.7 Å². The van der Waals surface area contributed by atoms with Crippen LogP contribution in [0.3, 0.4) is 0 Å². The second-order valence-corrected chi connectivity index (χ2v) is 12.7. The number of esters is 2. The maximum atomic E-state index is 12.9. The lowest BCUT2D eigenvalue weighted by molar-refractivity contribution is -0.153. The van der Waals surface area contributed by atoms with Gasteiger partial charge in [-0.1, -0.05) is 32.1 Å². The average molecular weight is 546 g/mol. The molecule has 14 heteroatoms. The fourth-order valence-corrected chi connectivity index (χ4v) is 6.32. The first-order valence-electron chi connectivity index (χ1n) is 11.5. The van der Waals surface area contributed by atoms with Gasteiger partial charge in [0.2, 0.25) is 0 Å². The minimum absolute atomic E-state index is 0.0413. The van der Waals surface area contributed by atoms with Gasteiger partial charge in [-0.05, 0) is 24.7 Å². The van der Waals surface area contributed by atoms with Crippen LogP contribution >= 0.6 is 15.2 Å². The van der Waals surface area contributed by atoms with Crippen molar-refractivity contribution in [2.75, 3.05) is 55.9 Å². The van der Waals surface area contributed by atoms with Crippen molar-refractivity contribution >= 4 is 27.1 Å². The van der Waals surface area contributed by atoms with Gasteiger partial charge in [-0.25, -0.2) is 9.59 Å². The van der Waals surface area contributed by atoms with E-state index in [2.05, 4.69) is 0 Å². The molecule has 1 saturated carbocycles. The Kier molecular flexibility index (Phi) is 14.8. The van der Waals surface area contributed by atoms with Crippen molar-refractivity contribution in [1.82, 2.24) is 0 Å². The maximum Gasteiger partial charge on any atom is 0.370 e. The van der Waals surface area contributed by atoms with Gasteiger partial charge >= 0.3 is 27.1 Å². The first kappa shape index (κ1) is 32.2. The molecule has 0 saturated heterocycles. The van der Waals surface area contributed by atoms with Crippen molar-refractivity contribution in [3.05, 3.63) is 0 Å². The van der Waals surface area contributed by atoms with Crippen LogP contribution in [0.2, 0.25) is 0 Å². The zero-order chi connectivity index (χ0) is 26.5. The molecular weight excluding hydrogens is 506 g/mol. The van der Waals surface area contributed by atoms with Gasteiger partial charge in [0.25, 0.3) is 11.7 Å². The normalized spacial score (nSPS) is 21.8. The minimum atomic E-state index is -3.92. The lowest BCUT2D eigenvalue weighted by atomic mass is 9.86. The second kappa shape index (κ2) is 16.1. The SMILES string of the molecule is COC(=O)C(OCC1CCCCCCCC1COC(C(=O)OC)P(=O)(OC)OC)P(=O)(OC)OC. The third-order valence-corrected chi connectivity index (χ3v) is 10.1. The van der Waals surface area contributed by atoms with Crippen molar-refractivity contribution in [2.24, 2.45) is 11.8 Å². The Hall–Kier alpha value is -0.840. The first-order valence-corrected chi connectivity index (χ1v) is 14.7. The predicted molar refractivity (Wildman–Crippen MR) is 126 cm³/mol. The van der Waals surface area contributed by atoms with E-state index in [1.165, 1.54) is 0 Å². The van der Waals surface area contributed by atoms with Crippen molar-refractivity contribution in [2.45, 2.75) is 56.6 Å². The topological polar surface area (TPSA) is 142 Å². The summed E-state index contributed by atoms with van der Waals surface area (Å²) in [5, 5.41) is 0. The van der Waals surface area contributed by atoms with Gasteiger partial charge in [0, 0.05) is 28.4 Å². The second-order valence-electron chi connectivity index (χ2n) is 8.09. The molecule has 0 radical (unpaired) electrons. The summed E-state index contributed by atoms with van der Waals surface area (Å²) in [6.45, 7) is 0.0826. The van der Waals surface area contributed by atoms with E-state index in [0.717, 1.165) is 87.6 Å². The number of rotatable bonds is 14. The van der Waals surface area contributed by atoms with Crippen LogP contribution in [-0.4, -0.2) is 79.5 Å². The number of hydrogen-bond donors (Lipinski definition) is 0. The van der Waals surface area contributed by atoms with Gasteiger partial charge in [0.05, 0.1) is 27.4 Å². The fraction of sp³-hybridized carbons (Fsp3) is 0.905. The minimum Gasteiger partial charge on any atom is -0.467 e. The molecule has 0 amide bonds. The Bertz CT molecular complexity index is 670. The molecule has 35 heavy (non-hydrogen) atoms. The van der Waals surface area contributed by atoms with E-state index in [4.69, 9.17) is 37.0 Å². The lowest BCUT2D eigenvalue weighted by Crippen LogP contribution is -2.34. The molecular formula is C21H40O12P2. The van der Waals surface area contributed by atoms with E-state index in [0.29, 0.717) is 0 Å². The number of carbonyl (C=O) groups excluding carboxylic acids is 2. The first-order chi connectivity index (χ1) is 16.7. The zero-order valence-electron chi connectivity index (χ0n) is 21.5. The number of ether oxygens (including phenoxy) is 4. The maximum absolute atomic E-state index is 12.9. The highest BCUT2D eigenvalue weighted by Gasteiger charge is 2.44. The molecule has 0 heterocycles. The largest absolute Gasteiger partial charge is 0.467 e. The number of methoxy groups -OCH3 is 2. The van der Waals surface area contributed by atoms with Crippen molar-refractivity contribution in [3.8, 4) is 0 Å². The van der Waals surface area contributed by atoms with Gasteiger partial charge in [-0.2, -0.15) is 0 Å². The third-order valence-electron chi connectivity index (χ3n) is 6.15. The number of carbonyl (C=O) groups is 2. The van der Waals surface area contributed by atoms with Crippen LogP contribution in [0.5, 0.6) is 0 Å². The highest BCUT2D eigenvalue weighted by atomic mass is 31.2. The van der Waals surface area contributed by atoms with E-state index >= 15 is 0 Å². The van der Waals surface area contributed by atoms with Crippen LogP contribution in [0, 0.1) is 11.8 Å². The molecule has 206 valence electrons. The van der Waals surface area contributed by atoms with Crippen molar-refractivity contribution in [3.63, 3.8) is 0 Å². The molecule has 4 unspecified atom stereocenters. The van der Waals surface area contributed by atoms with Crippen molar-refractivity contribution in [1.29, 1.82) is 0 Å². The molecule has 1 fully saturated rings.